The highest BCUT2D eigenvalue weighted by Crippen LogP contribution is 2.26. The Balaban J connectivity index is 1.24. The van der Waals surface area contributed by atoms with E-state index in [1.807, 2.05) is 6.92 Å². The minimum absolute atomic E-state index is 0.773. The van der Waals surface area contributed by atoms with Crippen molar-refractivity contribution in [1.29, 1.82) is 0 Å². The first-order valence-electron chi connectivity index (χ1n) is 10.9. The predicted molar refractivity (Wildman–Crippen MR) is 113 cm³/mol. The molecular weight excluding hydrogens is 366 g/mol. The Kier molecular flexibility index (Phi) is 5.13. The second-order valence-electron chi connectivity index (χ2n) is 8.34. The molecule has 8 nitrogen and oxygen atoms in total. The molecule has 156 valence electrons. The first-order valence-corrected chi connectivity index (χ1v) is 10.9. The van der Waals surface area contributed by atoms with Gasteiger partial charge in [-0.25, -0.2) is 9.97 Å². The van der Waals surface area contributed by atoms with Crippen LogP contribution < -0.4 is 9.80 Å². The van der Waals surface area contributed by atoms with Crippen LogP contribution in [0.3, 0.4) is 0 Å². The zero-order valence-corrected chi connectivity index (χ0v) is 17.6. The highest BCUT2D eigenvalue weighted by molar-refractivity contribution is 5.51. The van der Waals surface area contributed by atoms with Crippen LogP contribution in [-0.4, -0.2) is 77.1 Å². The second-order valence-corrected chi connectivity index (χ2v) is 8.34. The number of aryl methyl sites for hydroxylation is 3. The molecule has 0 atom stereocenters. The molecule has 0 N–H and O–H groups in total. The van der Waals surface area contributed by atoms with Crippen LogP contribution in [0.5, 0.6) is 0 Å². The number of aromatic nitrogens is 4. The smallest absolute Gasteiger partial charge is 0.134 e. The summed E-state index contributed by atoms with van der Waals surface area (Å²) in [6.07, 6.45) is 3.61. The van der Waals surface area contributed by atoms with E-state index in [0.717, 1.165) is 82.9 Å². The van der Waals surface area contributed by atoms with Crippen molar-refractivity contribution in [2.75, 3.05) is 62.3 Å². The van der Waals surface area contributed by atoms with Crippen molar-refractivity contribution >= 4 is 11.6 Å². The molecule has 2 fully saturated rings. The highest BCUT2D eigenvalue weighted by atomic mass is 16.5. The van der Waals surface area contributed by atoms with Gasteiger partial charge in [0.05, 0.1) is 24.6 Å². The first kappa shape index (κ1) is 18.8. The van der Waals surface area contributed by atoms with E-state index in [9.17, 15) is 0 Å². The maximum Gasteiger partial charge on any atom is 0.134 e. The van der Waals surface area contributed by atoms with E-state index < -0.39 is 0 Å². The number of hydrogen-bond acceptors (Lipinski definition) is 7. The minimum atomic E-state index is 0.773. The molecule has 0 amide bonds. The van der Waals surface area contributed by atoms with Gasteiger partial charge in [-0.3, -0.25) is 9.58 Å². The van der Waals surface area contributed by atoms with Crippen molar-refractivity contribution in [2.24, 2.45) is 7.05 Å². The summed E-state index contributed by atoms with van der Waals surface area (Å²) in [4.78, 5) is 16.7. The van der Waals surface area contributed by atoms with Crippen LogP contribution in [-0.2, 0) is 31.2 Å². The average Bonchev–Trinajstić information content (AvgIpc) is 3.31. The zero-order valence-electron chi connectivity index (χ0n) is 17.6. The molecule has 4 heterocycles. The number of rotatable bonds is 4. The van der Waals surface area contributed by atoms with Crippen molar-refractivity contribution in [3.05, 3.63) is 28.8 Å². The predicted octanol–water partition coefficient (Wildman–Crippen LogP) is 1.17. The molecule has 2 aromatic rings. The molecule has 0 radical (unpaired) electrons. The van der Waals surface area contributed by atoms with Gasteiger partial charge in [0, 0.05) is 58.9 Å². The molecule has 2 aliphatic heterocycles. The van der Waals surface area contributed by atoms with Crippen LogP contribution in [0.1, 0.15) is 29.2 Å². The van der Waals surface area contributed by atoms with Crippen molar-refractivity contribution in [3.63, 3.8) is 0 Å². The summed E-state index contributed by atoms with van der Waals surface area (Å²) < 4.78 is 7.59. The second kappa shape index (κ2) is 7.91. The number of ether oxygens (including phenoxy) is 1. The fourth-order valence-electron chi connectivity index (χ4n) is 4.78. The molecule has 0 aromatic carbocycles. The fourth-order valence-corrected chi connectivity index (χ4v) is 4.78. The number of hydrogen-bond donors (Lipinski definition) is 0. The lowest BCUT2D eigenvalue weighted by atomic mass is 10.2. The molecule has 2 saturated heterocycles. The lowest BCUT2D eigenvalue weighted by Crippen LogP contribution is -2.46. The molecule has 2 aromatic heterocycles. The third kappa shape index (κ3) is 3.83. The Morgan fingerprint density at radius 1 is 0.931 bits per heavy atom. The van der Waals surface area contributed by atoms with Gasteiger partial charge in [0.1, 0.15) is 17.5 Å². The molecule has 0 saturated carbocycles. The van der Waals surface area contributed by atoms with Crippen LogP contribution in [0, 0.1) is 6.92 Å². The van der Waals surface area contributed by atoms with Gasteiger partial charge in [0.15, 0.2) is 0 Å². The van der Waals surface area contributed by atoms with E-state index in [2.05, 4.69) is 37.5 Å². The van der Waals surface area contributed by atoms with E-state index in [-0.39, 0.29) is 0 Å². The van der Waals surface area contributed by atoms with Crippen LogP contribution >= 0.6 is 0 Å². The van der Waals surface area contributed by atoms with Gasteiger partial charge in [-0.2, -0.15) is 5.10 Å². The number of morpholine rings is 1. The van der Waals surface area contributed by atoms with Crippen molar-refractivity contribution in [3.8, 4) is 0 Å². The molecular formula is C21H31N7O. The van der Waals surface area contributed by atoms with Gasteiger partial charge >= 0.3 is 0 Å². The number of nitrogens with zero attached hydrogens (tertiary/aromatic N) is 7. The van der Waals surface area contributed by atoms with E-state index >= 15 is 0 Å². The van der Waals surface area contributed by atoms with E-state index in [1.165, 1.54) is 29.8 Å². The quantitative estimate of drug-likeness (QED) is 0.767. The van der Waals surface area contributed by atoms with Crippen LogP contribution in [0.25, 0.3) is 0 Å². The molecule has 0 bridgehead atoms. The molecule has 5 rings (SSSR count). The Hall–Kier alpha value is -2.19. The lowest BCUT2D eigenvalue weighted by molar-refractivity contribution is 0.122. The molecule has 29 heavy (non-hydrogen) atoms. The maximum atomic E-state index is 5.48. The van der Waals surface area contributed by atoms with Crippen molar-refractivity contribution in [2.45, 2.75) is 32.7 Å². The largest absolute Gasteiger partial charge is 0.378 e. The average molecular weight is 398 g/mol. The van der Waals surface area contributed by atoms with Gasteiger partial charge in [-0.05, 0) is 31.7 Å². The molecule has 3 aliphatic rings. The zero-order chi connectivity index (χ0) is 19.8. The van der Waals surface area contributed by atoms with Gasteiger partial charge < -0.3 is 14.5 Å². The molecule has 8 heteroatoms. The summed E-state index contributed by atoms with van der Waals surface area (Å²) in [7, 11) is 2.10. The van der Waals surface area contributed by atoms with E-state index in [1.54, 1.807) is 0 Å². The maximum absolute atomic E-state index is 5.48. The molecule has 1 aliphatic carbocycles. The van der Waals surface area contributed by atoms with Crippen LogP contribution in [0.15, 0.2) is 6.07 Å². The number of anilines is 2. The Morgan fingerprint density at radius 2 is 1.62 bits per heavy atom. The lowest BCUT2D eigenvalue weighted by Gasteiger charge is -2.36. The van der Waals surface area contributed by atoms with Gasteiger partial charge in [0.25, 0.3) is 0 Å². The Labute approximate surface area is 172 Å². The fraction of sp³-hybridized carbons (Fsp3) is 0.667. The van der Waals surface area contributed by atoms with Gasteiger partial charge in [-0.1, -0.05) is 0 Å². The minimum Gasteiger partial charge on any atom is -0.378 e. The van der Waals surface area contributed by atoms with Gasteiger partial charge in [-0.15, -0.1) is 0 Å². The summed E-state index contributed by atoms with van der Waals surface area (Å²) >= 11 is 0. The normalized spacial score (nSPS) is 20.3. The molecule has 0 unspecified atom stereocenters. The third-order valence-corrected chi connectivity index (χ3v) is 6.41. The summed E-state index contributed by atoms with van der Waals surface area (Å²) in [6.45, 7) is 10.5. The Bertz CT molecular complexity index is 866. The van der Waals surface area contributed by atoms with Crippen molar-refractivity contribution in [1.82, 2.24) is 24.6 Å². The monoisotopic (exact) mass is 397 g/mol. The van der Waals surface area contributed by atoms with Crippen molar-refractivity contribution < 1.29 is 4.74 Å². The third-order valence-electron chi connectivity index (χ3n) is 6.41. The number of piperazine rings is 1. The molecule has 0 spiro atoms. The summed E-state index contributed by atoms with van der Waals surface area (Å²) in [5, 5.41) is 4.73. The number of fused-ring (bicyclic) bond motifs is 1. The SMILES string of the molecule is Cc1nc(N2CCOCC2)cc(N2CCN(Cc3c4c(nn3C)CCC4)CC2)n1. The first-order chi connectivity index (χ1) is 14.2. The topological polar surface area (TPSA) is 62.6 Å². The summed E-state index contributed by atoms with van der Waals surface area (Å²) in [6, 6.07) is 2.15. The summed E-state index contributed by atoms with van der Waals surface area (Å²) in [5.41, 5.74) is 4.25. The van der Waals surface area contributed by atoms with E-state index in [4.69, 9.17) is 14.8 Å². The summed E-state index contributed by atoms with van der Waals surface area (Å²) in [5.74, 6) is 2.93. The highest BCUT2D eigenvalue weighted by Gasteiger charge is 2.25. The van der Waals surface area contributed by atoms with Gasteiger partial charge in [0.2, 0.25) is 0 Å². The van der Waals surface area contributed by atoms with Crippen LogP contribution in [0.2, 0.25) is 0 Å². The Morgan fingerprint density at radius 3 is 2.34 bits per heavy atom. The van der Waals surface area contributed by atoms with E-state index in [0.29, 0.717) is 0 Å². The standard InChI is InChI=1S/C21H31N7O/c1-16-22-20(14-21(23-16)28-10-12-29-13-11-28)27-8-6-26(7-9-27)15-19-17-4-3-5-18(17)24-25(19)2/h14H,3-13,15H2,1-2H3. The van der Waals surface area contributed by atoms with Crippen LogP contribution in [0.4, 0.5) is 11.6 Å².